The van der Waals surface area contributed by atoms with Crippen LogP contribution in [0.25, 0.3) is 17.0 Å². The van der Waals surface area contributed by atoms with Crippen molar-refractivity contribution in [3.63, 3.8) is 0 Å². The highest BCUT2D eigenvalue weighted by molar-refractivity contribution is 7.19. The summed E-state index contributed by atoms with van der Waals surface area (Å²) in [4.78, 5) is 40.1. The number of rotatable bonds is 6. The van der Waals surface area contributed by atoms with Crippen LogP contribution in [0.15, 0.2) is 66.2 Å². The second-order valence-corrected chi connectivity index (χ2v) is 11.2. The number of benzene rings is 1. The monoisotopic (exact) mass is 558 g/mol. The maximum Gasteiger partial charge on any atom is 0.270 e. The lowest BCUT2D eigenvalue weighted by Crippen LogP contribution is -2.47. The van der Waals surface area contributed by atoms with Crippen LogP contribution in [0.4, 0.5) is 21.5 Å². The van der Waals surface area contributed by atoms with E-state index in [1.54, 1.807) is 24.4 Å². The van der Waals surface area contributed by atoms with Crippen LogP contribution in [0.5, 0.6) is 0 Å². The third-order valence-corrected chi connectivity index (χ3v) is 8.33. The highest BCUT2D eigenvalue weighted by Gasteiger charge is 2.24. The Morgan fingerprint density at radius 2 is 1.82 bits per heavy atom. The lowest BCUT2D eigenvalue weighted by molar-refractivity contribution is 0.0656. The van der Waals surface area contributed by atoms with Crippen molar-refractivity contribution < 1.29 is 9.59 Å². The number of pyridine rings is 1. The van der Waals surface area contributed by atoms with E-state index in [1.165, 1.54) is 22.7 Å². The first kappa shape index (κ1) is 25.0. The number of hydrogen-bond acceptors (Lipinski definition) is 9. The number of amides is 2. The van der Waals surface area contributed by atoms with Gasteiger partial charge in [0.2, 0.25) is 0 Å². The molecule has 1 aromatic carbocycles. The summed E-state index contributed by atoms with van der Waals surface area (Å²) in [7, 11) is 2.07. The maximum absolute atomic E-state index is 13.4. The zero-order valence-electron chi connectivity index (χ0n) is 21.1. The Balaban J connectivity index is 1.20. The molecule has 5 heterocycles. The molecule has 1 saturated heterocycles. The number of piperazine rings is 1. The van der Waals surface area contributed by atoms with Gasteiger partial charge in [-0.2, -0.15) is 0 Å². The van der Waals surface area contributed by atoms with Crippen LogP contribution in [0, 0.1) is 0 Å². The molecule has 0 aliphatic carbocycles. The molecule has 198 valence electrons. The van der Waals surface area contributed by atoms with Crippen LogP contribution in [0.1, 0.15) is 20.2 Å². The first-order chi connectivity index (χ1) is 19.0. The van der Waals surface area contributed by atoms with E-state index in [9.17, 15) is 9.59 Å². The molecular weight excluding hydrogens is 532 g/mol. The van der Waals surface area contributed by atoms with Crippen molar-refractivity contribution in [3.8, 4) is 11.4 Å². The highest BCUT2D eigenvalue weighted by Crippen LogP contribution is 2.32. The summed E-state index contributed by atoms with van der Waals surface area (Å²) in [6.45, 7) is 3.10. The number of likely N-dealkylation sites (N-methyl/N-ethyl adjacent to an activating group) is 1. The van der Waals surface area contributed by atoms with Crippen LogP contribution in [-0.2, 0) is 0 Å². The fraction of sp³-hybridized carbons (Fsp3) is 0.185. The van der Waals surface area contributed by atoms with Gasteiger partial charge in [0.25, 0.3) is 11.8 Å². The topological polar surface area (TPSA) is 121 Å². The van der Waals surface area contributed by atoms with Crippen molar-refractivity contribution in [2.45, 2.75) is 0 Å². The molecule has 1 fully saturated rings. The Labute approximate surface area is 232 Å². The van der Waals surface area contributed by atoms with Gasteiger partial charge in [0.15, 0.2) is 5.13 Å². The average molecular weight is 559 g/mol. The number of nitrogen functional groups attached to an aromatic ring is 1. The van der Waals surface area contributed by atoms with Gasteiger partial charge < -0.3 is 26.2 Å². The molecule has 2 amide bonds. The van der Waals surface area contributed by atoms with Gasteiger partial charge in [0, 0.05) is 31.6 Å². The Morgan fingerprint density at radius 3 is 2.64 bits per heavy atom. The second kappa shape index (κ2) is 10.5. The molecule has 4 aromatic heterocycles. The number of imidazole rings is 1. The molecule has 0 atom stereocenters. The number of nitrogens with two attached hydrogens (primary N) is 1. The lowest BCUT2D eigenvalue weighted by Gasteiger charge is -2.32. The minimum absolute atomic E-state index is 0.0109. The normalized spacial score (nSPS) is 14.0. The van der Waals surface area contributed by atoms with Crippen molar-refractivity contribution in [2.75, 3.05) is 49.6 Å². The van der Waals surface area contributed by atoms with E-state index >= 15 is 0 Å². The SMILES string of the molecule is CN1CCN(C(=O)c2cccc3ncc(-c4csc(Nc5ccc(C(=O)Nc6ccccc6N)s5)n4)n23)CC1. The van der Waals surface area contributed by atoms with Gasteiger partial charge in [-0.1, -0.05) is 18.2 Å². The summed E-state index contributed by atoms with van der Waals surface area (Å²) in [6.07, 6.45) is 1.75. The Hall–Kier alpha value is -4.26. The van der Waals surface area contributed by atoms with Crippen LogP contribution in [0.2, 0.25) is 0 Å². The molecule has 0 bridgehead atoms. The number of carbonyl (C=O) groups is 2. The van der Waals surface area contributed by atoms with E-state index in [-0.39, 0.29) is 11.8 Å². The summed E-state index contributed by atoms with van der Waals surface area (Å²) in [5, 5.41) is 9.52. The molecule has 0 saturated carbocycles. The van der Waals surface area contributed by atoms with Gasteiger partial charge in [-0.05, 0) is 43.4 Å². The second-order valence-electron chi connectivity index (χ2n) is 9.21. The minimum Gasteiger partial charge on any atom is -0.397 e. The van der Waals surface area contributed by atoms with E-state index in [0.29, 0.717) is 51.5 Å². The van der Waals surface area contributed by atoms with Gasteiger partial charge in [-0.25, -0.2) is 9.97 Å². The Bertz CT molecular complexity index is 1670. The van der Waals surface area contributed by atoms with Crippen LogP contribution in [-0.4, -0.2) is 69.2 Å². The molecule has 4 N–H and O–H groups in total. The summed E-state index contributed by atoms with van der Waals surface area (Å²) in [6, 6.07) is 16.3. The van der Waals surface area contributed by atoms with Crippen LogP contribution < -0.4 is 16.4 Å². The predicted octanol–water partition coefficient (Wildman–Crippen LogP) is 4.49. The third kappa shape index (κ3) is 5.09. The smallest absolute Gasteiger partial charge is 0.270 e. The first-order valence-corrected chi connectivity index (χ1v) is 14.1. The maximum atomic E-state index is 13.4. The fourth-order valence-electron chi connectivity index (χ4n) is 4.43. The number of aromatic nitrogens is 3. The number of nitrogens with zero attached hydrogens (tertiary/aromatic N) is 5. The van der Waals surface area contributed by atoms with Crippen LogP contribution >= 0.6 is 22.7 Å². The highest BCUT2D eigenvalue weighted by atomic mass is 32.1. The summed E-state index contributed by atoms with van der Waals surface area (Å²) in [5.74, 6) is -0.239. The first-order valence-electron chi connectivity index (χ1n) is 12.4. The van der Waals surface area contributed by atoms with Crippen molar-refractivity contribution in [1.29, 1.82) is 0 Å². The number of fused-ring (bicyclic) bond motifs is 1. The molecule has 5 aromatic rings. The van der Waals surface area contributed by atoms with Gasteiger partial charge in [0.05, 0.1) is 33.1 Å². The average Bonchev–Trinajstić information content (AvgIpc) is 3.70. The minimum atomic E-state index is -0.228. The van der Waals surface area contributed by atoms with E-state index in [2.05, 4.69) is 27.6 Å². The molecule has 39 heavy (non-hydrogen) atoms. The number of thiazole rings is 1. The molecule has 10 nitrogen and oxygen atoms in total. The summed E-state index contributed by atoms with van der Waals surface area (Å²) >= 11 is 2.77. The van der Waals surface area contributed by atoms with Gasteiger partial charge in [0.1, 0.15) is 17.0 Å². The standard InChI is InChI=1S/C27H26N8O2S2/c1-33-11-13-34(14-12-33)26(37)20-7-4-8-23-29-15-21(35(20)23)19-16-38-27(31-19)32-24-10-9-22(39-24)25(36)30-18-6-3-2-5-17(18)28/h2-10,15-16H,11-14,28H2,1H3,(H,30,36)(H,31,32). The summed E-state index contributed by atoms with van der Waals surface area (Å²) < 4.78 is 1.88. The number of thiophene rings is 1. The zero-order chi connectivity index (χ0) is 26.9. The molecular formula is C27H26N8O2S2. The largest absolute Gasteiger partial charge is 0.397 e. The van der Waals surface area contributed by atoms with Crippen LogP contribution in [0.3, 0.4) is 0 Å². The Morgan fingerprint density at radius 1 is 1.00 bits per heavy atom. The van der Waals surface area contributed by atoms with Gasteiger partial charge >= 0.3 is 0 Å². The summed E-state index contributed by atoms with van der Waals surface area (Å²) in [5.41, 5.74) is 9.75. The number of carbonyl (C=O) groups excluding carboxylic acids is 2. The molecule has 6 rings (SSSR count). The number of para-hydroxylation sites is 2. The predicted molar refractivity (Wildman–Crippen MR) is 156 cm³/mol. The van der Waals surface area contributed by atoms with Crippen molar-refractivity contribution >= 4 is 61.6 Å². The molecule has 0 spiro atoms. The van der Waals surface area contributed by atoms with Gasteiger partial charge in [-0.15, -0.1) is 22.7 Å². The number of anilines is 4. The molecule has 0 unspecified atom stereocenters. The van der Waals surface area contributed by atoms with Gasteiger partial charge in [-0.3, -0.25) is 14.0 Å². The van der Waals surface area contributed by atoms with E-state index in [4.69, 9.17) is 10.7 Å². The van der Waals surface area contributed by atoms with E-state index in [1.807, 2.05) is 51.1 Å². The van der Waals surface area contributed by atoms with Crippen molar-refractivity contribution in [3.05, 3.63) is 76.7 Å². The number of nitrogens with one attached hydrogen (secondary N) is 2. The number of hydrogen-bond donors (Lipinski definition) is 3. The molecule has 1 aliphatic heterocycles. The van der Waals surface area contributed by atoms with Crippen molar-refractivity contribution in [1.82, 2.24) is 24.2 Å². The molecule has 1 aliphatic rings. The zero-order valence-corrected chi connectivity index (χ0v) is 22.8. The quantitative estimate of drug-likeness (QED) is 0.263. The lowest BCUT2D eigenvalue weighted by atomic mass is 10.2. The van der Waals surface area contributed by atoms with E-state index in [0.717, 1.165) is 23.8 Å². The van der Waals surface area contributed by atoms with Crippen molar-refractivity contribution in [2.24, 2.45) is 0 Å². The fourth-order valence-corrected chi connectivity index (χ4v) is 6.01. The van der Waals surface area contributed by atoms with E-state index < -0.39 is 0 Å². The third-order valence-electron chi connectivity index (χ3n) is 6.57. The molecule has 0 radical (unpaired) electrons. The Kier molecular flexibility index (Phi) is 6.73. The molecule has 12 heteroatoms.